The van der Waals surface area contributed by atoms with Gasteiger partial charge in [-0.15, -0.1) is 0 Å². The second kappa shape index (κ2) is 12.4. The van der Waals surface area contributed by atoms with Gasteiger partial charge in [0.15, 0.2) is 4.80 Å². The number of carbonyl (C=O) groups is 2. The van der Waals surface area contributed by atoms with E-state index in [2.05, 4.69) is 4.99 Å². The third kappa shape index (κ3) is 6.26. The van der Waals surface area contributed by atoms with Crippen molar-refractivity contribution in [2.24, 2.45) is 4.99 Å². The van der Waals surface area contributed by atoms with E-state index in [1.54, 1.807) is 6.07 Å². The molecule has 36 heavy (non-hydrogen) atoms. The molecule has 0 spiro atoms. The number of amides is 1. The maximum atomic E-state index is 14.5. The SMILES string of the molecule is CCCCN(CCCC)S(=O)(=O)c1ccc(C(=O)N=c2sc3cccc(F)c3n2CC(=O)OC)cc1. The third-order valence-electron chi connectivity index (χ3n) is 5.63. The van der Waals surface area contributed by atoms with Crippen LogP contribution < -0.4 is 4.80 Å². The number of ether oxygens (including phenoxy) is 1. The summed E-state index contributed by atoms with van der Waals surface area (Å²) < 4.78 is 48.8. The fourth-order valence-electron chi connectivity index (χ4n) is 3.60. The molecule has 3 aromatic rings. The van der Waals surface area contributed by atoms with Gasteiger partial charge in [0.05, 0.1) is 22.2 Å². The fourth-order valence-corrected chi connectivity index (χ4v) is 6.16. The molecule has 0 saturated carbocycles. The van der Waals surface area contributed by atoms with Gasteiger partial charge in [-0.25, -0.2) is 12.8 Å². The number of hydrogen-bond donors (Lipinski definition) is 0. The summed E-state index contributed by atoms with van der Waals surface area (Å²) in [5.41, 5.74) is 0.324. The molecule has 11 heteroatoms. The molecule has 194 valence electrons. The first-order valence-electron chi connectivity index (χ1n) is 11.8. The monoisotopic (exact) mass is 535 g/mol. The Kier molecular flexibility index (Phi) is 9.52. The summed E-state index contributed by atoms with van der Waals surface area (Å²) in [5.74, 6) is -1.80. The normalized spacial score (nSPS) is 12.4. The van der Waals surface area contributed by atoms with Crippen LogP contribution in [0.1, 0.15) is 49.9 Å². The minimum atomic E-state index is -3.70. The number of thiazole rings is 1. The number of sulfonamides is 1. The van der Waals surface area contributed by atoms with E-state index >= 15 is 0 Å². The Bertz CT molecular complexity index is 1390. The van der Waals surface area contributed by atoms with Gasteiger partial charge < -0.3 is 9.30 Å². The summed E-state index contributed by atoms with van der Waals surface area (Å²) in [6.07, 6.45) is 3.29. The lowest BCUT2D eigenvalue weighted by Crippen LogP contribution is -2.33. The maximum Gasteiger partial charge on any atom is 0.325 e. The van der Waals surface area contributed by atoms with Gasteiger partial charge in [-0.05, 0) is 49.2 Å². The molecule has 0 aliphatic rings. The smallest absolute Gasteiger partial charge is 0.325 e. The first-order valence-corrected chi connectivity index (χ1v) is 14.0. The van der Waals surface area contributed by atoms with E-state index in [1.165, 1.54) is 52.4 Å². The largest absolute Gasteiger partial charge is 0.468 e. The zero-order valence-corrected chi connectivity index (χ0v) is 22.2. The van der Waals surface area contributed by atoms with E-state index < -0.39 is 27.7 Å². The van der Waals surface area contributed by atoms with Crippen molar-refractivity contribution in [3.8, 4) is 0 Å². The van der Waals surface area contributed by atoms with E-state index in [1.807, 2.05) is 13.8 Å². The summed E-state index contributed by atoms with van der Waals surface area (Å²) in [7, 11) is -2.48. The van der Waals surface area contributed by atoms with Crippen LogP contribution in [-0.2, 0) is 26.1 Å². The predicted octanol–water partition coefficient (Wildman–Crippen LogP) is 4.35. The highest BCUT2D eigenvalue weighted by Crippen LogP contribution is 2.21. The average molecular weight is 536 g/mol. The molecule has 8 nitrogen and oxygen atoms in total. The molecule has 0 unspecified atom stereocenters. The molecule has 1 heterocycles. The number of esters is 1. The molecule has 0 atom stereocenters. The lowest BCUT2D eigenvalue weighted by Gasteiger charge is -2.22. The van der Waals surface area contributed by atoms with Crippen molar-refractivity contribution in [3.63, 3.8) is 0 Å². The van der Waals surface area contributed by atoms with Crippen LogP contribution in [0, 0.1) is 5.82 Å². The Morgan fingerprint density at radius 3 is 2.28 bits per heavy atom. The fraction of sp³-hybridized carbons (Fsp3) is 0.400. The zero-order valence-electron chi connectivity index (χ0n) is 20.6. The molecule has 0 fully saturated rings. The van der Waals surface area contributed by atoms with Gasteiger partial charge in [0, 0.05) is 18.7 Å². The van der Waals surface area contributed by atoms with Crippen molar-refractivity contribution in [2.75, 3.05) is 20.2 Å². The van der Waals surface area contributed by atoms with Crippen LogP contribution in [0.4, 0.5) is 4.39 Å². The number of unbranched alkanes of at least 4 members (excludes halogenated alkanes) is 2. The van der Waals surface area contributed by atoms with Crippen molar-refractivity contribution in [1.29, 1.82) is 0 Å². The van der Waals surface area contributed by atoms with E-state index in [9.17, 15) is 22.4 Å². The molecule has 0 N–H and O–H groups in total. The minimum Gasteiger partial charge on any atom is -0.468 e. The lowest BCUT2D eigenvalue weighted by molar-refractivity contribution is -0.141. The number of aromatic nitrogens is 1. The van der Waals surface area contributed by atoms with E-state index in [4.69, 9.17) is 4.74 Å². The molecule has 0 radical (unpaired) electrons. The summed E-state index contributed by atoms with van der Waals surface area (Å²) >= 11 is 1.07. The Morgan fingerprint density at radius 2 is 1.69 bits per heavy atom. The van der Waals surface area contributed by atoms with Crippen LogP contribution in [-0.4, -0.2) is 49.4 Å². The molecule has 3 rings (SSSR count). The Morgan fingerprint density at radius 1 is 1.06 bits per heavy atom. The van der Waals surface area contributed by atoms with Crippen LogP contribution in [0.3, 0.4) is 0 Å². The van der Waals surface area contributed by atoms with Crippen LogP contribution in [0.15, 0.2) is 52.4 Å². The molecular formula is C25H30FN3O5S2. The standard InChI is InChI=1S/C25H30FN3O5S2/c1-4-6-15-28(16-7-5-2)36(32,33)19-13-11-18(12-14-19)24(31)27-25-29(17-22(30)34-3)23-20(26)9-8-10-21(23)35-25/h8-14H,4-7,15-17H2,1-3H3. The van der Waals surface area contributed by atoms with Crippen molar-refractivity contribution < 1.29 is 27.1 Å². The molecule has 0 aliphatic heterocycles. The highest BCUT2D eigenvalue weighted by molar-refractivity contribution is 7.89. The van der Waals surface area contributed by atoms with Crippen LogP contribution >= 0.6 is 11.3 Å². The van der Waals surface area contributed by atoms with Gasteiger partial charge in [0.2, 0.25) is 10.0 Å². The molecule has 1 amide bonds. The number of hydrogen-bond acceptors (Lipinski definition) is 6. The maximum absolute atomic E-state index is 14.5. The number of para-hydroxylation sites is 1. The van der Waals surface area contributed by atoms with Crippen LogP contribution in [0.25, 0.3) is 10.2 Å². The second-order valence-electron chi connectivity index (χ2n) is 8.19. The highest BCUT2D eigenvalue weighted by atomic mass is 32.2. The van der Waals surface area contributed by atoms with E-state index in [0.717, 1.165) is 37.0 Å². The number of carbonyl (C=O) groups excluding carboxylic acids is 2. The highest BCUT2D eigenvalue weighted by Gasteiger charge is 2.24. The molecule has 0 bridgehead atoms. The Labute approximate surface area is 214 Å². The number of halogens is 1. The average Bonchev–Trinajstić information content (AvgIpc) is 3.21. The molecular weight excluding hydrogens is 505 g/mol. The van der Waals surface area contributed by atoms with Gasteiger partial charge in [-0.3, -0.25) is 9.59 Å². The number of rotatable bonds is 11. The number of benzene rings is 2. The minimum absolute atomic E-state index is 0.107. The van der Waals surface area contributed by atoms with Crippen LogP contribution in [0.5, 0.6) is 0 Å². The summed E-state index contributed by atoms with van der Waals surface area (Å²) in [6, 6.07) is 10.1. The van der Waals surface area contributed by atoms with E-state index in [-0.39, 0.29) is 27.3 Å². The quantitative estimate of drug-likeness (QED) is 0.340. The summed E-state index contributed by atoms with van der Waals surface area (Å²) in [4.78, 5) is 29.2. The molecule has 0 saturated heterocycles. The van der Waals surface area contributed by atoms with E-state index in [0.29, 0.717) is 17.8 Å². The summed E-state index contributed by atoms with van der Waals surface area (Å²) in [6.45, 7) is 4.59. The van der Waals surface area contributed by atoms with Gasteiger partial charge in [-0.2, -0.15) is 9.30 Å². The van der Waals surface area contributed by atoms with Gasteiger partial charge in [-0.1, -0.05) is 44.1 Å². The van der Waals surface area contributed by atoms with Crippen molar-refractivity contribution >= 4 is 43.5 Å². The van der Waals surface area contributed by atoms with Gasteiger partial charge in [0.1, 0.15) is 12.4 Å². The lowest BCUT2D eigenvalue weighted by atomic mass is 10.2. The number of methoxy groups -OCH3 is 1. The molecule has 0 aliphatic carbocycles. The van der Waals surface area contributed by atoms with Crippen molar-refractivity contribution in [1.82, 2.24) is 8.87 Å². The number of fused-ring (bicyclic) bond motifs is 1. The second-order valence-corrected chi connectivity index (χ2v) is 11.1. The summed E-state index contributed by atoms with van der Waals surface area (Å²) in [5, 5.41) is 0. The van der Waals surface area contributed by atoms with Gasteiger partial charge >= 0.3 is 5.97 Å². The van der Waals surface area contributed by atoms with Crippen molar-refractivity contribution in [3.05, 3.63) is 58.6 Å². The predicted molar refractivity (Wildman–Crippen MR) is 137 cm³/mol. The first kappa shape index (κ1) is 27.7. The Hall–Kier alpha value is -2.89. The first-order chi connectivity index (χ1) is 17.2. The number of nitrogens with zero attached hydrogens (tertiary/aromatic N) is 3. The van der Waals surface area contributed by atoms with Gasteiger partial charge in [0.25, 0.3) is 5.91 Å². The van der Waals surface area contributed by atoms with Crippen LogP contribution in [0.2, 0.25) is 0 Å². The third-order valence-corrected chi connectivity index (χ3v) is 8.58. The Balaban J connectivity index is 1.95. The zero-order chi connectivity index (χ0) is 26.3. The molecule has 2 aromatic carbocycles. The topological polar surface area (TPSA) is 98.0 Å². The molecule has 1 aromatic heterocycles. The van der Waals surface area contributed by atoms with Crippen molar-refractivity contribution in [2.45, 2.75) is 51.0 Å².